The zero-order valence-electron chi connectivity index (χ0n) is 10.3. The first kappa shape index (κ1) is 13.1. The van der Waals surface area contributed by atoms with Gasteiger partial charge in [-0.3, -0.25) is 0 Å². The molecule has 4 heteroatoms. The van der Waals surface area contributed by atoms with Crippen molar-refractivity contribution >= 4 is 11.3 Å². The van der Waals surface area contributed by atoms with Crippen molar-refractivity contribution in [1.29, 1.82) is 0 Å². The van der Waals surface area contributed by atoms with E-state index in [1.807, 2.05) is 18.4 Å². The van der Waals surface area contributed by atoms with Gasteiger partial charge in [0.1, 0.15) is 0 Å². The van der Waals surface area contributed by atoms with E-state index in [4.69, 9.17) is 4.74 Å². The van der Waals surface area contributed by atoms with Crippen LogP contribution in [0.3, 0.4) is 0 Å². The van der Waals surface area contributed by atoms with Gasteiger partial charge in [0.2, 0.25) is 0 Å². The Hall–Kier alpha value is -1.39. The Morgan fingerprint density at radius 1 is 1.39 bits per heavy atom. The molecule has 1 heterocycles. The monoisotopic (exact) mass is 266 g/mol. The molecule has 1 N–H and O–H groups in total. The van der Waals surface area contributed by atoms with E-state index in [1.165, 1.54) is 24.5 Å². The number of aryl methyl sites for hydroxylation is 1. The van der Waals surface area contributed by atoms with Crippen LogP contribution < -0.4 is 4.74 Å². The highest BCUT2D eigenvalue weighted by atomic mass is 32.1. The minimum atomic E-state index is -0.585. The van der Waals surface area contributed by atoms with Gasteiger partial charge in [-0.05, 0) is 41.6 Å². The second-order valence-corrected chi connectivity index (χ2v) is 5.10. The lowest BCUT2D eigenvalue weighted by Gasteiger charge is -2.11. The third kappa shape index (κ3) is 2.71. The third-order valence-corrected chi connectivity index (χ3v) is 3.97. The Labute approximate surface area is 110 Å². The zero-order chi connectivity index (χ0) is 13.1. The van der Waals surface area contributed by atoms with Crippen LogP contribution in [0, 0.1) is 12.7 Å². The number of aliphatic hydroxyl groups excluding tert-OH is 1. The van der Waals surface area contributed by atoms with E-state index in [0.717, 1.165) is 16.0 Å². The topological polar surface area (TPSA) is 29.5 Å². The van der Waals surface area contributed by atoms with E-state index in [1.54, 1.807) is 12.1 Å². The molecule has 0 aliphatic heterocycles. The van der Waals surface area contributed by atoms with E-state index in [-0.39, 0.29) is 5.75 Å². The van der Waals surface area contributed by atoms with E-state index in [9.17, 15) is 9.50 Å². The summed E-state index contributed by atoms with van der Waals surface area (Å²) in [5.41, 5.74) is 1.83. The Kier molecular flexibility index (Phi) is 3.99. The van der Waals surface area contributed by atoms with Gasteiger partial charge in [-0.25, -0.2) is 4.39 Å². The number of rotatable bonds is 4. The molecule has 0 bridgehead atoms. The van der Waals surface area contributed by atoms with Crippen LogP contribution in [0.1, 0.15) is 22.1 Å². The number of methoxy groups -OCH3 is 1. The molecular weight excluding hydrogens is 251 g/mol. The van der Waals surface area contributed by atoms with E-state index in [0.29, 0.717) is 6.42 Å². The highest BCUT2D eigenvalue weighted by Gasteiger charge is 2.13. The predicted octanol–water partition coefficient (Wildman–Crippen LogP) is 3.48. The van der Waals surface area contributed by atoms with Crippen LogP contribution in [0.2, 0.25) is 0 Å². The first-order valence-corrected chi connectivity index (χ1v) is 6.54. The van der Waals surface area contributed by atoms with Crippen molar-refractivity contribution in [1.82, 2.24) is 0 Å². The minimum Gasteiger partial charge on any atom is -0.494 e. The van der Waals surface area contributed by atoms with Crippen LogP contribution in [0.4, 0.5) is 4.39 Å². The van der Waals surface area contributed by atoms with Gasteiger partial charge in [-0.2, -0.15) is 0 Å². The lowest BCUT2D eigenvalue weighted by molar-refractivity contribution is 0.181. The lowest BCUT2D eigenvalue weighted by atomic mass is 10.0. The summed E-state index contributed by atoms with van der Waals surface area (Å²) < 4.78 is 18.4. The normalized spacial score (nSPS) is 12.4. The van der Waals surface area contributed by atoms with Gasteiger partial charge >= 0.3 is 0 Å². The molecule has 0 amide bonds. The maximum atomic E-state index is 13.5. The molecule has 0 fully saturated rings. The molecule has 0 spiro atoms. The zero-order valence-corrected chi connectivity index (χ0v) is 11.1. The molecule has 0 aliphatic carbocycles. The van der Waals surface area contributed by atoms with Crippen LogP contribution >= 0.6 is 11.3 Å². The average molecular weight is 266 g/mol. The number of thiophene rings is 1. The van der Waals surface area contributed by atoms with E-state index < -0.39 is 11.9 Å². The number of hydrogen-bond donors (Lipinski definition) is 1. The summed E-state index contributed by atoms with van der Waals surface area (Å²) in [7, 11) is 1.43. The maximum absolute atomic E-state index is 13.5. The fraction of sp³-hybridized carbons (Fsp3) is 0.286. The second-order valence-electron chi connectivity index (χ2n) is 4.16. The highest BCUT2D eigenvalue weighted by molar-refractivity contribution is 7.10. The fourth-order valence-corrected chi connectivity index (χ4v) is 2.79. The lowest BCUT2D eigenvalue weighted by Crippen LogP contribution is -2.02. The van der Waals surface area contributed by atoms with Gasteiger partial charge in [-0.15, -0.1) is 11.3 Å². The van der Waals surface area contributed by atoms with Crippen LogP contribution in [0.15, 0.2) is 29.6 Å². The summed E-state index contributed by atoms with van der Waals surface area (Å²) in [5.74, 6) is -0.175. The maximum Gasteiger partial charge on any atom is 0.165 e. The Morgan fingerprint density at radius 2 is 2.17 bits per heavy atom. The van der Waals surface area contributed by atoms with Gasteiger partial charge in [0.15, 0.2) is 11.6 Å². The Balaban J connectivity index is 2.15. The van der Waals surface area contributed by atoms with Crippen LogP contribution in [0.25, 0.3) is 0 Å². The van der Waals surface area contributed by atoms with Crippen LogP contribution in [-0.2, 0) is 6.42 Å². The molecule has 1 aromatic carbocycles. The minimum absolute atomic E-state index is 0.223. The van der Waals surface area contributed by atoms with Crippen molar-refractivity contribution in [3.63, 3.8) is 0 Å². The molecule has 2 rings (SSSR count). The number of benzene rings is 1. The molecule has 0 radical (unpaired) electrons. The number of aliphatic hydroxyl groups is 1. The highest BCUT2D eigenvalue weighted by Crippen LogP contribution is 2.27. The molecule has 1 aromatic heterocycles. The standard InChI is InChI=1S/C14H15FO2S/c1-9-5-6-18-14(9)12(16)8-10-3-4-13(17-2)11(15)7-10/h3-7,12,16H,8H2,1-2H3. The summed E-state index contributed by atoms with van der Waals surface area (Å²) in [6, 6.07) is 6.73. The quantitative estimate of drug-likeness (QED) is 0.918. The van der Waals surface area contributed by atoms with Crippen molar-refractivity contribution in [2.45, 2.75) is 19.4 Å². The first-order chi connectivity index (χ1) is 8.61. The SMILES string of the molecule is COc1ccc(CC(O)c2sccc2C)cc1F. The molecule has 2 nitrogen and oxygen atoms in total. The summed E-state index contributed by atoms with van der Waals surface area (Å²) in [6.45, 7) is 1.96. The average Bonchev–Trinajstić information content (AvgIpc) is 2.76. The summed E-state index contributed by atoms with van der Waals surface area (Å²) in [5, 5.41) is 12.1. The number of ether oxygens (including phenoxy) is 1. The van der Waals surface area contributed by atoms with Crippen molar-refractivity contribution in [2.75, 3.05) is 7.11 Å². The fourth-order valence-electron chi connectivity index (χ4n) is 1.88. The van der Waals surface area contributed by atoms with E-state index in [2.05, 4.69) is 0 Å². The molecular formula is C14H15FO2S. The molecule has 2 aromatic rings. The molecule has 0 saturated carbocycles. The molecule has 0 aliphatic rings. The third-order valence-electron chi connectivity index (χ3n) is 2.85. The van der Waals surface area contributed by atoms with Crippen molar-refractivity contribution in [3.8, 4) is 5.75 Å². The summed E-state index contributed by atoms with van der Waals surface area (Å²) in [6.07, 6.45) is -0.180. The smallest absolute Gasteiger partial charge is 0.165 e. The molecule has 1 atom stereocenters. The van der Waals surface area contributed by atoms with Crippen LogP contribution in [-0.4, -0.2) is 12.2 Å². The van der Waals surface area contributed by atoms with Gasteiger partial charge in [0.05, 0.1) is 13.2 Å². The van der Waals surface area contributed by atoms with Crippen LogP contribution in [0.5, 0.6) is 5.75 Å². The Morgan fingerprint density at radius 3 is 2.72 bits per heavy atom. The second kappa shape index (κ2) is 5.50. The van der Waals surface area contributed by atoms with Crippen molar-refractivity contribution in [3.05, 3.63) is 51.5 Å². The van der Waals surface area contributed by atoms with Crippen molar-refractivity contribution in [2.24, 2.45) is 0 Å². The van der Waals surface area contributed by atoms with Gasteiger partial charge in [0.25, 0.3) is 0 Å². The number of halogens is 1. The van der Waals surface area contributed by atoms with Crippen molar-refractivity contribution < 1.29 is 14.2 Å². The summed E-state index contributed by atoms with van der Waals surface area (Å²) in [4.78, 5) is 0.936. The first-order valence-electron chi connectivity index (χ1n) is 5.66. The van der Waals surface area contributed by atoms with Gasteiger partial charge < -0.3 is 9.84 Å². The molecule has 1 unspecified atom stereocenters. The predicted molar refractivity (Wildman–Crippen MR) is 70.7 cm³/mol. The molecule has 0 saturated heterocycles. The van der Waals surface area contributed by atoms with Gasteiger partial charge in [-0.1, -0.05) is 6.07 Å². The molecule has 96 valence electrons. The Bertz CT molecular complexity index is 536. The molecule has 18 heavy (non-hydrogen) atoms. The van der Waals surface area contributed by atoms with Gasteiger partial charge in [0, 0.05) is 11.3 Å². The summed E-state index contributed by atoms with van der Waals surface area (Å²) >= 11 is 1.52. The van der Waals surface area contributed by atoms with E-state index >= 15 is 0 Å². The number of hydrogen-bond acceptors (Lipinski definition) is 3. The largest absolute Gasteiger partial charge is 0.494 e.